The number of carbonyl (C=O) groups excluding carboxylic acids is 1. The Morgan fingerprint density at radius 1 is 1.05 bits per heavy atom. The number of benzene rings is 2. The van der Waals surface area contributed by atoms with E-state index in [0.29, 0.717) is 0 Å². The average molecular weight is 299 g/mol. The fourth-order valence-electron chi connectivity index (χ4n) is 2.13. The number of nitrogens with one attached hydrogen (secondary N) is 1. The van der Waals surface area contributed by atoms with Gasteiger partial charge in [-0.05, 0) is 36.6 Å². The Morgan fingerprint density at radius 2 is 1.73 bits per heavy atom. The van der Waals surface area contributed by atoms with E-state index in [-0.39, 0.29) is 12.6 Å². The third-order valence-electron chi connectivity index (χ3n) is 3.28. The SMILES string of the molecule is COc1ccc(CC(C)NC(=O)OCc2ccccc2)cc1. The van der Waals surface area contributed by atoms with Crippen LogP contribution in [0, 0.1) is 0 Å². The fourth-order valence-corrected chi connectivity index (χ4v) is 2.13. The summed E-state index contributed by atoms with van der Waals surface area (Å²) in [6.45, 7) is 2.23. The Labute approximate surface area is 131 Å². The summed E-state index contributed by atoms with van der Waals surface area (Å²) >= 11 is 0. The predicted molar refractivity (Wildman–Crippen MR) is 85.9 cm³/mol. The Morgan fingerprint density at radius 3 is 2.36 bits per heavy atom. The second-order valence-corrected chi connectivity index (χ2v) is 5.16. The van der Waals surface area contributed by atoms with Gasteiger partial charge in [-0.3, -0.25) is 0 Å². The van der Waals surface area contributed by atoms with Crippen molar-refractivity contribution in [1.82, 2.24) is 5.32 Å². The van der Waals surface area contributed by atoms with Crippen LogP contribution in [0.5, 0.6) is 5.75 Å². The summed E-state index contributed by atoms with van der Waals surface area (Å²) in [6.07, 6.45) is 0.342. The summed E-state index contributed by atoms with van der Waals surface area (Å²) in [6, 6.07) is 17.4. The van der Waals surface area contributed by atoms with Gasteiger partial charge in [-0.2, -0.15) is 0 Å². The van der Waals surface area contributed by atoms with Crippen molar-refractivity contribution in [2.75, 3.05) is 7.11 Å². The minimum absolute atomic E-state index is 0.00308. The normalized spacial score (nSPS) is 11.5. The molecule has 116 valence electrons. The highest BCUT2D eigenvalue weighted by Gasteiger charge is 2.09. The lowest BCUT2D eigenvalue weighted by atomic mass is 10.1. The minimum Gasteiger partial charge on any atom is -0.497 e. The topological polar surface area (TPSA) is 47.6 Å². The molecule has 0 aliphatic heterocycles. The zero-order valence-corrected chi connectivity index (χ0v) is 12.9. The van der Waals surface area contributed by atoms with Crippen molar-refractivity contribution in [2.24, 2.45) is 0 Å². The van der Waals surface area contributed by atoms with E-state index in [1.54, 1.807) is 7.11 Å². The van der Waals surface area contributed by atoms with Gasteiger partial charge in [0.2, 0.25) is 0 Å². The molecule has 1 N–H and O–H groups in total. The first-order chi connectivity index (χ1) is 10.7. The minimum atomic E-state index is -0.398. The second-order valence-electron chi connectivity index (χ2n) is 5.16. The molecule has 0 bridgehead atoms. The quantitative estimate of drug-likeness (QED) is 0.887. The molecule has 22 heavy (non-hydrogen) atoms. The van der Waals surface area contributed by atoms with Gasteiger partial charge in [-0.1, -0.05) is 42.5 Å². The number of carbonyl (C=O) groups is 1. The van der Waals surface area contributed by atoms with E-state index in [1.807, 2.05) is 61.5 Å². The zero-order valence-electron chi connectivity index (χ0n) is 12.9. The molecule has 2 aromatic carbocycles. The largest absolute Gasteiger partial charge is 0.497 e. The molecular weight excluding hydrogens is 278 g/mol. The Hall–Kier alpha value is -2.49. The highest BCUT2D eigenvalue weighted by molar-refractivity contribution is 5.67. The maximum Gasteiger partial charge on any atom is 0.407 e. The van der Waals surface area contributed by atoms with Gasteiger partial charge in [0.15, 0.2) is 0 Å². The molecule has 0 aliphatic carbocycles. The fraction of sp³-hybridized carbons (Fsp3) is 0.278. The molecule has 2 rings (SSSR count). The maximum atomic E-state index is 11.8. The standard InChI is InChI=1S/C18H21NO3/c1-14(12-15-8-10-17(21-2)11-9-15)19-18(20)22-13-16-6-4-3-5-7-16/h3-11,14H,12-13H2,1-2H3,(H,19,20). The van der Waals surface area contributed by atoms with Crippen molar-refractivity contribution in [3.8, 4) is 5.75 Å². The van der Waals surface area contributed by atoms with Crippen molar-refractivity contribution < 1.29 is 14.3 Å². The van der Waals surface area contributed by atoms with E-state index in [2.05, 4.69) is 5.32 Å². The van der Waals surface area contributed by atoms with E-state index in [9.17, 15) is 4.79 Å². The highest BCUT2D eigenvalue weighted by Crippen LogP contribution is 2.12. The van der Waals surface area contributed by atoms with E-state index < -0.39 is 6.09 Å². The first-order valence-electron chi connectivity index (χ1n) is 7.27. The van der Waals surface area contributed by atoms with E-state index in [1.165, 1.54) is 0 Å². The summed E-state index contributed by atoms with van der Waals surface area (Å²) < 4.78 is 10.3. The molecule has 1 amide bonds. The van der Waals surface area contributed by atoms with E-state index in [4.69, 9.17) is 9.47 Å². The van der Waals surface area contributed by atoms with Crippen LogP contribution in [0.15, 0.2) is 54.6 Å². The number of alkyl carbamates (subject to hydrolysis) is 1. The Balaban J connectivity index is 1.75. The monoisotopic (exact) mass is 299 g/mol. The number of rotatable bonds is 6. The molecule has 2 aromatic rings. The van der Waals surface area contributed by atoms with Crippen LogP contribution in [0.4, 0.5) is 4.79 Å². The van der Waals surface area contributed by atoms with E-state index in [0.717, 1.165) is 23.3 Å². The lowest BCUT2D eigenvalue weighted by Gasteiger charge is -2.14. The lowest BCUT2D eigenvalue weighted by molar-refractivity contribution is 0.136. The maximum absolute atomic E-state index is 11.8. The third kappa shape index (κ3) is 5.13. The van der Waals surface area contributed by atoms with Crippen LogP contribution >= 0.6 is 0 Å². The molecule has 0 radical (unpaired) electrons. The van der Waals surface area contributed by atoms with Gasteiger partial charge < -0.3 is 14.8 Å². The van der Waals surface area contributed by atoms with Gasteiger partial charge in [-0.25, -0.2) is 4.79 Å². The lowest BCUT2D eigenvalue weighted by Crippen LogP contribution is -2.34. The van der Waals surface area contributed by atoms with Crippen LogP contribution in [-0.4, -0.2) is 19.2 Å². The first-order valence-corrected chi connectivity index (χ1v) is 7.27. The van der Waals surface area contributed by atoms with Crippen LogP contribution in [0.2, 0.25) is 0 Å². The molecule has 0 aliphatic rings. The first kappa shape index (κ1) is 15.9. The average Bonchev–Trinajstić information content (AvgIpc) is 2.54. The molecule has 4 nitrogen and oxygen atoms in total. The predicted octanol–water partition coefficient (Wildman–Crippen LogP) is 3.55. The van der Waals surface area contributed by atoms with Gasteiger partial charge in [-0.15, -0.1) is 0 Å². The molecule has 0 saturated carbocycles. The Bertz CT molecular complexity index is 581. The second kappa shape index (κ2) is 8.08. The van der Waals surface area contributed by atoms with Crippen LogP contribution in [0.1, 0.15) is 18.1 Å². The summed E-state index contributed by atoms with van der Waals surface area (Å²) in [5.41, 5.74) is 2.11. The molecule has 1 atom stereocenters. The molecular formula is C18H21NO3. The van der Waals surface area contributed by atoms with Crippen molar-refractivity contribution in [1.29, 1.82) is 0 Å². The molecule has 1 unspecified atom stereocenters. The van der Waals surface area contributed by atoms with Gasteiger partial charge in [0.1, 0.15) is 12.4 Å². The smallest absolute Gasteiger partial charge is 0.407 e. The molecule has 0 heterocycles. The van der Waals surface area contributed by atoms with Crippen LogP contribution in [-0.2, 0) is 17.8 Å². The zero-order chi connectivity index (χ0) is 15.8. The molecule has 0 spiro atoms. The summed E-state index contributed by atoms with van der Waals surface area (Å²) in [4.78, 5) is 11.8. The van der Waals surface area contributed by atoms with Gasteiger partial charge in [0, 0.05) is 6.04 Å². The van der Waals surface area contributed by atoms with Crippen molar-refractivity contribution in [3.05, 3.63) is 65.7 Å². The highest BCUT2D eigenvalue weighted by atomic mass is 16.5. The number of hydrogen-bond acceptors (Lipinski definition) is 3. The van der Waals surface area contributed by atoms with E-state index >= 15 is 0 Å². The number of ether oxygens (including phenoxy) is 2. The van der Waals surface area contributed by atoms with Crippen LogP contribution in [0.3, 0.4) is 0 Å². The molecule has 0 saturated heterocycles. The molecule has 4 heteroatoms. The molecule has 0 fully saturated rings. The molecule has 0 aromatic heterocycles. The Kier molecular flexibility index (Phi) is 5.83. The van der Waals surface area contributed by atoms with Crippen molar-refractivity contribution in [2.45, 2.75) is 26.0 Å². The van der Waals surface area contributed by atoms with Gasteiger partial charge >= 0.3 is 6.09 Å². The van der Waals surface area contributed by atoms with Crippen molar-refractivity contribution >= 4 is 6.09 Å². The van der Waals surface area contributed by atoms with Gasteiger partial charge in [0.25, 0.3) is 0 Å². The van der Waals surface area contributed by atoms with Crippen molar-refractivity contribution in [3.63, 3.8) is 0 Å². The summed E-state index contributed by atoms with van der Waals surface area (Å²) in [7, 11) is 1.64. The number of hydrogen-bond donors (Lipinski definition) is 1. The van der Waals surface area contributed by atoms with Crippen LogP contribution < -0.4 is 10.1 Å². The number of amides is 1. The summed E-state index contributed by atoms with van der Waals surface area (Å²) in [5.74, 6) is 0.826. The van der Waals surface area contributed by atoms with Crippen LogP contribution in [0.25, 0.3) is 0 Å². The third-order valence-corrected chi connectivity index (χ3v) is 3.28. The van der Waals surface area contributed by atoms with Gasteiger partial charge in [0.05, 0.1) is 7.11 Å². The number of methoxy groups -OCH3 is 1. The summed E-state index contributed by atoms with van der Waals surface area (Å²) in [5, 5.41) is 2.83.